The average Bonchev–Trinajstić information content (AvgIpc) is 2.94. The zero-order chi connectivity index (χ0) is 18.6. The van der Waals surface area contributed by atoms with Gasteiger partial charge in [0.1, 0.15) is 11.4 Å². The molecule has 0 radical (unpaired) electrons. The summed E-state index contributed by atoms with van der Waals surface area (Å²) < 4.78 is 5.64. The van der Waals surface area contributed by atoms with E-state index in [9.17, 15) is 4.79 Å². The van der Waals surface area contributed by atoms with Gasteiger partial charge < -0.3 is 4.74 Å². The topological polar surface area (TPSA) is 45.7 Å². The summed E-state index contributed by atoms with van der Waals surface area (Å²) in [4.78, 5) is 21.6. The first-order valence-corrected chi connectivity index (χ1v) is 9.45. The van der Waals surface area contributed by atoms with Gasteiger partial charge in [-0.05, 0) is 73.0 Å². The van der Waals surface area contributed by atoms with Crippen LogP contribution in [0.5, 0.6) is 0 Å². The van der Waals surface area contributed by atoms with Crippen LogP contribution in [0.2, 0.25) is 0 Å². The van der Waals surface area contributed by atoms with Crippen molar-refractivity contribution in [3.05, 3.63) is 23.9 Å². The normalized spacial score (nSPS) is 18.6. The Balaban J connectivity index is 2.38. The number of likely N-dealkylation sites (tertiary alicyclic amines) is 1. The second-order valence-electron chi connectivity index (χ2n) is 8.05. The average molecular weight is 348 g/mol. The molecule has 1 aromatic heterocycles. The molecule has 2 heterocycles. The van der Waals surface area contributed by atoms with Crippen molar-refractivity contribution in [2.45, 2.75) is 78.5 Å². The monoisotopic (exact) mass is 347 g/mol. The van der Waals surface area contributed by atoms with Crippen LogP contribution in [0.3, 0.4) is 0 Å². The molecule has 0 spiro atoms. The van der Waals surface area contributed by atoms with Crippen molar-refractivity contribution in [2.24, 2.45) is 0 Å². The maximum absolute atomic E-state index is 12.8. The molecule has 0 aliphatic carbocycles. The maximum atomic E-state index is 12.8. The van der Waals surface area contributed by atoms with E-state index in [-0.39, 0.29) is 12.1 Å². The first-order valence-electron chi connectivity index (χ1n) is 9.45. The number of rotatable bonds is 5. The van der Waals surface area contributed by atoms with Gasteiger partial charge >= 0.3 is 6.09 Å². The number of pyridine rings is 1. The third kappa shape index (κ3) is 4.94. The Kier molecular flexibility index (Phi) is 6.44. The van der Waals surface area contributed by atoms with Gasteiger partial charge in [0.15, 0.2) is 0 Å². The molecule has 5 heteroatoms. The van der Waals surface area contributed by atoms with E-state index in [1.807, 2.05) is 40.7 Å². The molecule has 1 atom stereocenters. The summed E-state index contributed by atoms with van der Waals surface area (Å²) in [6.45, 7) is 14.1. The number of carbonyl (C=O) groups is 1. The molecule has 1 aliphatic rings. The van der Waals surface area contributed by atoms with Crippen LogP contribution in [0.25, 0.3) is 0 Å². The van der Waals surface area contributed by atoms with E-state index in [1.54, 1.807) is 11.1 Å². The standard InChI is InChI=1S/C20H33N3O2/c1-7-13-22-14-9-11-17(22)16-10-8-12-21-18(16)23(15(2)3)19(24)25-20(4,5)6/h8,10,12,15,17H,7,9,11,13-14H2,1-6H3. The van der Waals surface area contributed by atoms with Gasteiger partial charge in [0.25, 0.3) is 0 Å². The Bertz CT molecular complexity index is 581. The van der Waals surface area contributed by atoms with E-state index >= 15 is 0 Å². The molecule has 1 fully saturated rings. The predicted molar refractivity (Wildman–Crippen MR) is 102 cm³/mol. The number of amides is 1. The molecule has 0 bridgehead atoms. The lowest BCUT2D eigenvalue weighted by Gasteiger charge is -2.33. The number of anilines is 1. The Morgan fingerprint density at radius 2 is 2.16 bits per heavy atom. The first kappa shape index (κ1) is 19.7. The number of ether oxygens (including phenoxy) is 1. The predicted octanol–water partition coefficient (Wildman–Crippen LogP) is 4.78. The van der Waals surface area contributed by atoms with Gasteiger partial charge in [-0.15, -0.1) is 0 Å². The van der Waals surface area contributed by atoms with E-state index in [0.717, 1.165) is 37.3 Å². The lowest BCUT2D eigenvalue weighted by atomic mass is 10.0. The fourth-order valence-corrected chi connectivity index (χ4v) is 3.46. The highest BCUT2D eigenvalue weighted by Crippen LogP contribution is 2.37. The zero-order valence-electron chi connectivity index (χ0n) is 16.6. The summed E-state index contributed by atoms with van der Waals surface area (Å²) in [7, 11) is 0. The molecule has 0 aromatic carbocycles. The van der Waals surface area contributed by atoms with Crippen molar-refractivity contribution >= 4 is 11.9 Å². The minimum Gasteiger partial charge on any atom is -0.443 e. The Hall–Kier alpha value is -1.62. The SMILES string of the molecule is CCCN1CCCC1c1cccnc1N(C(=O)OC(C)(C)C)C(C)C. The van der Waals surface area contributed by atoms with Gasteiger partial charge in [0.2, 0.25) is 0 Å². The fraction of sp³-hybridized carbons (Fsp3) is 0.700. The Morgan fingerprint density at radius 1 is 1.44 bits per heavy atom. The molecule has 1 aliphatic heterocycles. The molecule has 0 N–H and O–H groups in total. The van der Waals surface area contributed by atoms with Crippen LogP contribution < -0.4 is 4.90 Å². The van der Waals surface area contributed by atoms with Crippen LogP contribution in [0, 0.1) is 0 Å². The first-order chi connectivity index (χ1) is 11.7. The van der Waals surface area contributed by atoms with Crippen LogP contribution in [0.1, 0.15) is 72.4 Å². The number of carbonyl (C=O) groups excluding carboxylic acids is 1. The molecule has 1 aromatic rings. The molecule has 0 saturated carbocycles. The van der Waals surface area contributed by atoms with Gasteiger partial charge in [-0.25, -0.2) is 9.78 Å². The van der Waals surface area contributed by atoms with Crippen LogP contribution in [0.4, 0.5) is 10.6 Å². The van der Waals surface area contributed by atoms with Gasteiger partial charge in [0.05, 0.1) is 0 Å². The second kappa shape index (κ2) is 8.17. The summed E-state index contributed by atoms with van der Waals surface area (Å²) in [5.41, 5.74) is 0.605. The quantitative estimate of drug-likeness (QED) is 0.769. The van der Waals surface area contributed by atoms with Crippen molar-refractivity contribution in [1.29, 1.82) is 0 Å². The van der Waals surface area contributed by atoms with Crippen molar-refractivity contribution < 1.29 is 9.53 Å². The number of aromatic nitrogens is 1. The van der Waals surface area contributed by atoms with E-state index in [1.165, 1.54) is 6.42 Å². The van der Waals surface area contributed by atoms with Gasteiger partial charge in [-0.1, -0.05) is 13.0 Å². The van der Waals surface area contributed by atoms with Crippen LogP contribution in [-0.4, -0.2) is 40.7 Å². The molecular formula is C20H33N3O2. The summed E-state index contributed by atoms with van der Waals surface area (Å²) in [6.07, 6.45) is 4.86. The third-order valence-corrected chi connectivity index (χ3v) is 4.39. The zero-order valence-corrected chi connectivity index (χ0v) is 16.6. The minimum absolute atomic E-state index is 0.0236. The van der Waals surface area contributed by atoms with Crippen molar-refractivity contribution in [1.82, 2.24) is 9.88 Å². The molecular weight excluding hydrogens is 314 g/mol. The highest BCUT2D eigenvalue weighted by Gasteiger charge is 2.33. The largest absolute Gasteiger partial charge is 0.443 e. The fourth-order valence-electron chi connectivity index (χ4n) is 3.46. The Morgan fingerprint density at radius 3 is 2.76 bits per heavy atom. The van der Waals surface area contributed by atoms with Crippen molar-refractivity contribution in [3.63, 3.8) is 0 Å². The lowest BCUT2D eigenvalue weighted by Crippen LogP contribution is -2.42. The summed E-state index contributed by atoms with van der Waals surface area (Å²) in [6, 6.07) is 4.38. The number of hydrogen-bond donors (Lipinski definition) is 0. The van der Waals surface area contributed by atoms with E-state index < -0.39 is 5.60 Å². The lowest BCUT2D eigenvalue weighted by molar-refractivity contribution is 0.0568. The van der Waals surface area contributed by atoms with Gasteiger partial charge in [0, 0.05) is 23.8 Å². The summed E-state index contributed by atoms with van der Waals surface area (Å²) >= 11 is 0. The number of hydrogen-bond acceptors (Lipinski definition) is 4. The molecule has 5 nitrogen and oxygen atoms in total. The minimum atomic E-state index is -0.527. The van der Waals surface area contributed by atoms with Crippen LogP contribution in [0.15, 0.2) is 18.3 Å². The highest BCUT2D eigenvalue weighted by molar-refractivity contribution is 5.88. The number of nitrogens with zero attached hydrogens (tertiary/aromatic N) is 3. The van der Waals surface area contributed by atoms with E-state index in [0.29, 0.717) is 6.04 Å². The van der Waals surface area contributed by atoms with Gasteiger partial charge in [-0.3, -0.25) is 9.80 Å². The van der Waals surface area contributed by atoms with Crippen LogP contribution >= 0.6 is 0 Å². The maximum Gasteiger partial charge on any atom is 0.416 e. The summed E-state index contributed by atoms with van der Waals surface area (Å²) in [5.74, 6) is 0.736. The molecule has 1 amide bonds. The molecule has 1 saturated heterocycles. The molecule has 140 valence electrons. The van der Waals surface area contributed by atoms with Crippen LogP contribution in [-0.2, 0) is 4.74 Å². The van der Waals surface area contributed by atoms with Crippen molar-refractivity contribution in [2.75, 3.05) is 18.0 Å². The Labute approximate surface area is 152 Å². The molecule has 25 heavy (non-hydrogen) atoms. The van der Waals surface area contributed by atoms with Crippen molar-refractivity contribution in [3.8, 4) is 0 Å². The molecule has 2 rings (SSSR count). The second-order valence-corrected chi connectivity index (χ2v) is 8.05. The third-order valence-electron chi connectivity index (χ3n) is 4.39. The molecule has 1 unspecified atom stereocenters. The van der Waals surface area contributed by atoms with E-state index in [2.05, 4.69) is 22.9 Å². The highest BCUT2D eigenvalue weighted by atomic mass is 16.6. The van der Waals surface area contributed by atoms with E-state index in [4.69, 9.17) is 4.74 Å². The smallest absolute Gasteiger partial charge is 0.416 e. The summed E-state index contributed by atoms with van der Waals surface area (Å²) in [5, 5.41) is 0. The van der Waals surface area contributed by atoms with Gasteiger partial charge in [-0.2, -0.15) is 0 Å².